The van der Waals surface area contributed by atoms with E-state index in [2.05, 4.69) is 5.32 Å². The molecule has 1 amide bonds. The first-order chi connectivity index (χ1) is 8.90. The van der Waals surface area contributed by atoms with Crippen molar-refractivity contribution in [1.29, 1.82) is 0 Å². The Labute approximate surface area is 115 Å². The van der Waals surface area contributed by atoms with E-state index in [1.54, 1.807) is 12.1 Å². The van der Waals surface area contributed by atoms with Crippen molar-refractivity contribution in [3.05, 3.63) is 35.4 Å². The van der Waals surface area contributed by atoms with Crippen molar-refractivity contribution >= 4 is 28.8 Å². The normalized spacial score (nSPS) is 11.7. The predicted octanol–water partition coefficient (Wildman–Crippen LogP) is 1.46. The van der Waals surface area contributed by atoms with Crippen molar-refractivity contribution in [3.8, 4) is 0 Å². The lowest BCUT2D eigenvalue weighted by atomic mass is 10.2. The molecule has 0 bridgehead atoms. The van der Waals surface area contributed by atoms with Crippen molar-refractivity contribution < 1.29 is 19.5 Å². The number of rotatable bonds is 5. The number of aliphatic carboxylic acids is 1. The van der Waals surface area contributed by atoms with Crippen LogP contribution in [0.4, 0.5) is 0 Å². The molecule has 0 aliphatic rings. The summed E-state index contributed by atoms with van der Waals surface area (Å²) in [5.74, 6) is -1.59. The fraction of sp³-hybridized carbons (Fsp3) is 0.308. The molecule has 6 heteroatoms. The minimum absolute atomic E-state index is 0.00161. The van der Waals surface area contributed by atoms with Crippen LogP contribution in [0.25, 0.3) is 0 Å². The quantitative estimate of drug-likeness (QED) is 0.853. The summed E-state index contributed by atoms with van der Waals surface area (Å²) in [5, 5.41) is 11.0. The van der Waals surface area contributed by atoms with Crippen molar-refractivity contribution in [3.63, 3.8) is 0 Å². The molecule has 2 N–H and O–H groups in total. The molecule has 0 saturated carbocycles. The van der Waals surface area contributed by atoms with Crippen molar-refractivity contribution in [1.82, 2.24) is 5.32 Å². The number of amides is 1. The molecule has 0 saturated heterocycles. The Morgan fingerprint density at radius 3 is 2.32 bits per heavy atom. The molecule has 102 valence electrons. The summed E-state index contributed by atoms with van der Waals surface area (Å²) in [5.41, 5.74) is 1.56. The maximum atomic E-state index is 11.8. The SMILES string of the molecule is CC(=O)N[C@@H](CSC(=O)c1ccc(C)cc1)C(=O)O. The summed E-state index contributed by atoms with van der Waals surface area (Å²) < 4.78 is 0. The molecule has 1 rings (SSSR count). The van der Waals surface area contributed by atoms with Gasteiger partial charge in [0, 0.05) is 18.2 Å². The van der Waals surface area contributed by atoms with Gasteiger partial charge in [-0.15, -0.1) is 0 Å². The van der Waals surface area contributed by atoms with Gasteiger partial charge in [0.1, 0.15) is 6.04 Å². The van der Waals surface area contributed by atoms with Crippen LogP contribution in [-0.4, -0.2) is 33.9 Å². The number of carbonyl (C=O) groups is 3. The number of carboxylic acid groups (broad SMARTS) is 1. The van der Waals surface area contributed by atoms with E-state index < -0.39 is 17.9 Å². The first-order valence-electron chi connectivity index (χ1n) is 5.64. The van der Waals surface area contributed by atoms with Crippen LogP contribution in [-0.2, 0) is 9.59 Å². The molecule has 0 radical (unpaired) electrons. The Morgan fingerprint density at radius 2 is 1.84 bits per heavy atom. The van der Waals surface area contributed by atoms with Crippen LogP contribution in [0.5, 0.6) is 0 Å². The lowest BCUT2D eigenvalue weighted by Gasteiger charge is -2.12. The highest BCUT2D eigenvalue weighted by Gasteiger charge is 2.20. The summed E-state index contributed by atoms with van der Waals surface area (Å²) in [6, 6.07) is 5.96. The highest BCUT2D eigenvalue weighted by atomic mass is 32.2. The van der Waals surface area contributed by atoms with Gasteiger partial charge in [0.15, 0.2) is 0 Å². The van der Waals surface area contributed by atoms with Crippen LogP contribution in [0, 0.1) is 6.92 Å². The molecule has 0 unspecified atom stereocenters. The van der Waals surface area contributed by atoms with E-state index in [0.717, 1.165) is 17.3 Å². The van der Waals surface area contributed by atoms with E-state index in [4.69, 9.17) is 5.11 Å². The van der Waals surface area contributed by atoms with Crippen LogP contribution in [0.1, 0.15) is 22.8 Å². The number of hydrogen-bond donors (Lipinski definition) is 2. The van der Waals surface area contributed by atoms with Gasteiger partial charge in [-0.1, -0.05) is 41.6 Å². The maximum Gasteiger partial charge on any atom is 0.327 e. The molecule has 0 fully saturated rings. The standard InChI is InChI=1S/C13H15NO4S/c1-8-3-5-10(6-4-8)13(18)19-7-11(12(16)17)14-9(2)15/h3-6,11H,7H2,1-2H3,(H,14,15)(H,16,17)/t11-/m0/s1. The number of carboxylic acids is 1. The lowest BCUT2D eigenvalue weighted by molar-refractivity contribution is -0.140. The smallest absolute Gasteiger partial charge is 0.327 e. The van der Waals surface area contributed by atoms with E-state index in [1.165, 1.54) is 6.92 Å². The zero-order chi connectivity index (χ0) is 14.4. The maximum absolute atomic E-state index is 11.8. The second kappa shape index (κ2) is 6.94. The van der Waals surface area contributed by atoms with E-state index >= 15 is 0 Å². The molecule has 19 heavy (non-hydrogen) atoms. The van der Waals surface area contributed by atoms with Crippen LogP contribution < -0.4 is 5.32 Å². The Morgan fingerprint density at radius 1 is 1.26 bits per heavy atom. The van der Waals surface area contributed by atoms with Crippen LogP contribution >= 0.6 is 11.8 Å². The topological polar surface area (TPSA) is 83.5 Å². The van der Waals surface area contributed by atoms with Gasteiger partial charge in [-0.25, -0.2) is 4.79 Å². The molecule has 0 aliphatic carbocycles. The largest absolute Gasteiger partial charge is 0.480 e. The number of nitrogens with one attached hydrogen (secondary N) is 1. The van der Waals surface area contributed by atoms with E-state index in [-0.39, 0.29) is 10.9 Å². The fourth-order valence-electron chi connectivity index (χ4n) is 1.35. The van der Waals surface area contributed by atoms with Gasteiger partial charge in [0.25, 0.3) is 0 Å². The third-order valence-corrected chi connectivity index (χ3v) is 3.34. The minimum atomic E-state index is -1.15. The summed E-state index contributed by atoms with van der Waals surface area (Å²) >= 11 is 0.879. The van der Waals surface area contributed by atoms with Gasteiger partial charge in [-0.2, -0.15) is 0 Å². The van der Waals surface area contributed by atoms with Crippen LogP contribution in [0.15, 0.2) is 24.3 Å². The van der Waals surface area contributed by atoms with Gasteiger partial charge in [-0.05, 0) is 6.92 Å². The third-order valence-electron chi connectivity index (χ3n) is 2.34. The predicted molar refractivity (Wildman–Crippen MR) is 73.2 cm³/mol. The Kier molecular flexibility index (Phi) is 5.57. The molecule has 1 aromatic carbocycles. The molecular weight excluding hydrogens is 266 g/mol. The monoisotopic (exact) mass is 281 g/mol. The zero-order valence-electron chi connectivity index (χ0n) is 10.7. The second-order valence-corrected chi connectivity index (χ2v) is 5.05. The van der Waals surface area contributed by atoms with Crippen molar-refractivity contribution in [2.24, 2.45) is 0 Å². The molecule has 0 heterocycles. The molecule has 1 aromatic rings. The number of aryl methyl sites for hydroxylation is 1. The van der Waals surface area contributed by atoms with E-state index in [0.29, 0.717) is 5.56 Å². The highest BCUT2D eigenvalue weighted by molar-refractivity contribution is 8.14. The average Bonchev–Trinajstić information content (AvgIpc) is 2.34. The molecule has 0 aromatic heterocycles. The summed E-state index contributed by atoms with van der Waals surface area (Å²) in [6.45, 7) is 3.15. The zero-order valence-corrected chi connectivity index (χ0v) is 11.5. The van der Waals surface area contributed by atoms with Gasteiger partial charge in [0.05, 0.1) is 0 Å². The average molecular weight is 281 g/mol. The van der Waals surface area contributed by atoms with Crippen molar-refractivity contribution in [2.45, 2.75) is 19.9 Å². The fourth-order valence-corrected chi connectivity index (χ4v) is 2.20. The van der Waals surface area contributed by atoms with Gasteiger partial charge in [0.2, 0.25) is 11.0 Å². The highest BCUT2D eigenvalue weighted by Crippen LogP contribution is 2.14. The van der Waals surface area contributed by atoms with Gasteiger partial charge in [-0.3, -0.25) is 9.59 Å². The second-order valence-electron chi connectivity index (χ2n) is 4.06. The molecule has 0 aliphatic heterocycles. The summed E-state index contributed by atoms with van der Waals surface area (Å²) in [6.07, 6.45) is 0. The lowest BCUT2D eigenvalue weighted by Crippen LogP contribution is -2.41. The van der Waals surface area contributed by atoms with E-state index in [9.17, 15) is 14.4 Å². The summed E-state index contributed by atoms with van der Waals surface area (Å²) in [7, 11) is 0. The Hall–Kier alpha value is -1.82. The molecule has 1 atom stereocenters. The first kappa shape index (κ1) is 15.2. The van der Waals surface area contributed by atoms with Gasteiger partial charge < -0.3 is 10.4 Å². The molecule has 0 spiro atoms. The van der Waals surface area contributed by atoms with Crippen LogP contribution in [0.3, 0.4) is 0 Å². The van der Waals surface area contributed by atoms with Gasteiger partial charge >= 0.3 is 5.97 Å². The molecule has 5 nitrogen and oxygen atoms in total. The number of thioether (sulfide) groups is 1. The van der Waals surface area contributed by atoms with Crippen molar-refractivity contribution in [2.75, 3.05) is 5.75 Å². The van der Waals surface area contributed by atoms with E-state index in [1.807, 2.05) is 19.1 Å². The minimum Gasteiger partial charge on any atom is -0.480 e. The number of benzene rings is 1. The Bertz CT molecular complexity index is 484. The van der Waals surface area contributed by atoms with Crippen LogP contribution in [0.2, 0.25) is 0 Å². The first-order valence-corrected chi connectivity index (χ1v) is 6.62. The third kappa shape index (κ3) is 5.13. The molecular formula is C13H15NO4S. The number of hydrogen-bond acceptors (Lipinski definition) is 4. The number of carbonyl (C=O) groups excluding carboxylic acids is 2. The Balaban J connectivity index is 2.59. The summed E-state index contributed by atoms with van der Waals surface area (Å²) in [4.78, 5) is 33.6.